The Kier molecular flexibility index (Phi) is 4.12. The Bertz CT molecular complexity index is 733. The van der Waals surface area contributed by atoms with E-state index in [-0.39, 0.29) is 11.8 Å². The standard InChI is InChI=1S/C18H24N4O2/c1-13-8-11-24-16(13)18(23)21-9-5-6-14(12-21)17-20-19-15-7-3-2-4-10-22(15)17/h8,11,14H,2-7,9-10,12H2,1H3. The zero-order valence-corrected chi connectivity index (χ0v) is 14.2. The number of aromatic nitrogens is 3. The molecule has 0 saturated carbocycles. The summed E-state index contributed by atoms with van der Waals surface area (Å²) in [5.74, 6) is 2.93. The van der Waals surface area contributed by atoms with Gasteiger partial charge in [-0.25, -0.2) is 0 Å². The van der Waals surface area contributed by atoms with Crippen LogP contribution in [0.4, 0.5) is 0 Å². The lowest BCUT2D eigenvalue weighted by Crippen LogP contribution is -2.40. The fraction of sp³-hybridized carbons (Fsp3) is 0.611. The maximum Gasteiger partial charge on any atom is 0.289 e. The molecule has 0 bridgehead atoms. The van der Waals surface area contributed by atoms with Crippen LogP contribution in [0.15, 0.2) is 16.7 Å². The van der Waals surface area contributed by atoms with Crippen LogP contribution in [0.1, 0.15) is 65.8 Å². The van der Waals surface area contributed by atoms with Crippen molar-refractivity contribution in [1.82, 2.24) is 19.7 Å². The van der Waals surface area contributed by atoms with Crippen molar-refractivity contribution < 1.29 is 9.21 Å². The van der Waals surface area contributed by atoms with E-state index >= 15 is 0 Å². The van der Waals surface area contributed by atoms with E-state index < -0.39 is 0 Å². The highest BCUT2D eigenvalue weighted by Crippen LogP contribution is 2.29. The van der Waals surface area contributed by atoms with Crippen LogP contribution in [0, 0.1) is 6.92 Å². The summed E-state index contributed by atoms with van der Waals surface area (Å²) in [4.78, 5) is 14.6. The lowest BCUT2D eigenvalue weighted by molar-refractivity contribution is 0.0670. The topological polar surface area (TPSA) is 64.2 Å². The molecular formula is C18H24N4O2. The van der Waals surface area contributed by atoms with Gasteiger partial charge in [0.25, 0.3) is 5.91 Å². The largest absolute Gasteiger partial charge is 0.459 e. The number of carbonyl (C=O) groups excluding carboxylic acids is 1. The normalized spacial score (nSPS) is 21.4. The van der Waals surface area contributed by atoms with Gasteiger partial charge in [-0.3, -0.25) is 4.79 Å². The summed E-state index contributed by atoms with van der Waals surface area (Å²) in [5.41, 5.74) is 0.901. The van der Waals surface area contributed by atoms with Crippen LogP contribution in [0.2, 0.25) is 0 Å². The number of hydrogen-bond donors (Lipinski definition) is 0. The molecule has 1 saturated heterocycles. The molecule has 0 N–H and O–H groups in total. The van der Waals surface area contributed by atoms with Crippen molar-refractivity contribution in [3.8, 4) is 0 Å². The third-order valence-electron chi connectivity index (χ3n) is 5.27. The molecule has 0 aromatic carbocycles. The van der Waals surface area contributed by atoms with E-state index in [9.17, 15) is 4.79 Å². The molecule has 0 aliphatic carbocycles. The molecule has 2 aromatic heterocycles. The van der Waals surface area contributed by atoms with Crippen molar-refractivity contribution >= 4 is 5.91 Å². The average Bonchev–Trinajstić information content (AvgIpc) is 3.14. The van der Waals surface area contributed by atoms with Crippen molar-refractivity contribution in [3.63, 3.8) is 0 Å². The SMILES string of the molecule is Cc1ccoc1C(=O)N1CCCC(c2nnc3n2CCCCC3)C1. The third kappa shape index (κ3) is 2.74. The number of amides is 1. The maximum absolute atomic E-state index is 12.7. The third-order valence-corrected chi connectivity index (χ3v) is 5.27. The minimum Gasteiger partial charge on any atom is -0.459 e. The highest BCUT2D eigenvalue weighted by molar-refractivity contribution is 5.92. The fourth-order valence-corrected chi connectivity index (χ4v) is 3.92. The molecule has 4 rings (SSSR count). The van der Waals surface area contributed by atoms with Crippen molar-refractivity contribution in [2.24, 2.45) is 0 Å². The van der Waals surface area contributed by atoms with Crippen molar-refractivity contribution in [2.45, 2.75) is 57.9 Å². The summed E-state index contributed by atoms with van der Waals surface area (Å²) in [5, 5.41) is 8.91. The van der Waals surface area contributed by atoms with Gasteiger partial charge >= 0.3 is 0 Å². The summed E-state index contributed by atoms with van der Waals surface area (Å²) in [6, 6.07) is 1.84. The van der Waals surface area contributed by atoms with Crippen LogP contribution >= 0.6 is 0 Å². The predicted octanol–water partition coefficient (Wildman–Crippen LogP) is 2.93. The molecule has 4 heterocycles. The second kappa shape index (κ2) is 6.42. The molecule has 128 valence electrons. The minimum atomic E-state index is -0.00203. The van der Waals surface area contributed by atoms with E-state index in [0.29, 0.717) is 12.3 Å². The summed E-state index contributed by atoms with van der Waals surface area (Å²) >= 11 is 0. The van der Waals surface area contributed by atoms with E-state index in [1.54, 1.807) is 6.26 Å². The average molecular weight is 328 g/mol. The Morgan fingerprint density at radius 1 is 1.21 bits per heavy atom. The highest BCUT2D eigenvalue weighted by atomic mass is 16.3. The molecule has 2 aromatic rings. The molecule has 6 nitrogen and oxygen atoms in total. The Morgan fingerprint density at radius 3 is 2.96 bits per heavy atom. The minimum absolute atomic E-state index is 0.00203. The van der Waals surface area contributed by atoms with Gasteiger partial charge in [-0.1, -0.05) is 6.42 Å². The molecule has 24 heavy (non-hydrogen) atoms. The molecular weight excluding hydrogens is 304 g/mol. The molecule has 1 fully saturated rings. The Balaban J connectivity index is 1.54. The van der Waals surface area contributed by atoms with Crippen LogP contribution in [0.3, 0.4) is 0 Å². The van der Waals surface area contributed by atoms with Crippen LogP contribution in [0.5, 0.6) is 0 Å². The monoisotopic (exact) mass is 328 g/mol. The second-order valence-electron chi connectivity index (χ2n) is 6.96. The Hall–Kier alpha value is -2.11. The van der Waals surface area contributed by atoms with Crippen molar-refractivity contribution in [3.05, 3.63) is 35.3 Å². The molecule has 0 radical (unpaired) electrons. The smallest absolute Gasteiger partial charge is 0.289 e. The predicted molar refractivity (Wildman–Crippen MR) is 88.9 cm³/mol. The number of nitrogens with zero attached hydrogens (tertiary/aromatic N) is 4. The van der Waals surface area contributed by atoms with E-state index in [1.165, 1.54) is 19.3 Å². The van der Waals surface area contributed by atoms with Gasteiger partial charge in [-0.2, -0.15) is 0 Å². The number of carbonyl (C=O) groups is 1. The molecule has 1 atom stereocenters. The lowest BCUT2D eigenvalue weighted by Gasteiger charge is -2.32. The number of furan rings is 1. The second-order valence-corrected chi connectivity index (χ2v) is 6.96. The van der Waals surface area contributed by atoms with Crippen LogP contribution in [-0.4, -0.2) is 38.7 Å². The maximum atomic E-state index is 12.7. The Labute approximate surface area is 141 Å². The number of likely N-dealkylation sites (tertiary alicyclic amines) is 1. The van der Waals surface area contributed by atoms with Crippen LogP contribution in [-0.2, 0) is 13.0 Å². The van der Waals surface area contributed by atoms with Gasteiger partial charge in [0.2, 0.25) is 0 Å². The van der Waals surface area contributed by atoms with E-state index in [2.05, 4.69) is 14.8 Å². The molecule has 1 amide bonds. The first-order valence-corrected chi connectivity index (χ1v) is 8.99. The summed E-state index contributed by atoms with van der Waals surface area (Å²) < 4.78 is 7.70. The first-order valence-electron chi connectivity index (χ1n) is 8.99. The molecule has 2 aliphatic heterocycles. The van der Waals surface area contributed by atoms with E-state index in [4.69, 9.17) is 4.42 Å². The fourth-order valence-electron chi connectivity index (χ4n) is 3.92. The van der Waals surface area contributed by atoms with Gasteiger partial charge in [0, 0.05) is 37.5 Å². The number of rotatable bonds is 2. The quantitative estimate of drug-likeness (QED) is 0.850. The van der Waals surface area contributed by atoms with Gasteiger partial charge in [0.05, 0.1) is 6.26 Å². The van der Waals surface area contributed by atoms with E-state index in [0.717, 1.165) is 49.6 Å². The van der Waals surface area contributed by atoms with Crippen molar-refractivity contribution in [2.75, 3.05) is 13.1 Å². The van der Waals surface area contributed by atoms with Crippen molar-refractivity contribution in [1.29, 1.82) is 0 Å². The Morgan fingerprint density at radius 2 is 2.12 bits per heavy atom. The van der Waals surface area contributed by atoms with Gasteiger partial charge < -0.3 is 13.9 Å². The summed E-state index contributed by atoms with van der Waals surface area (Å²) in [6.45, 7) is 4.42. The summed E-state index contributed by atoms with van der Waals surface area (Å²) in [7, 11) is 0. The van der Waals surface area contributed by atoms with Crippen LogP contribution < -0.4 is 0 Å². The molecule has 0 spiro atoms. The van der Waals surface area contributed by atoms with Gasteiger partial charge in [0.1, 0.15) is 11.6 Å². The zero-order valence-electron chi connectivity index (χ0n) is 14.2. The van der Waals surface area contributed by atoms with Gasteiger partial charge in [0.15, 0.2) is 5.76 Å². The number of piperidine rings is 1. The summed E-state index contributed by atoms with van der Waals surface area (Å²) in [6.07, 6.45) is 8.33. The van der Waals surface area contributed by atoms with Gasteiger partial charge in [-0.15, -0.1) is 10.2 Å². The van der Waals surface area contributed by atoms with Gasteiger partial charge in [-0.05, 0) is 38.7 Å². The number of hydrogen-bond acceptors (Lipinski definition) is 4. The van der Waals surface area contributed by atoms with E-state index in [1.807, 2.05) is 17.9 Å². The number of fused-ring (bicyclic) bond motifs is 1. The van der Waals surface area contributed by atoms with Crippen LogP contribution in [0.25, 0.3) is 0 Å². The molecule has 1 unspecified atom stereocenters. The molecule has 2 aliphatic rings. The number of aryl methyl sites for hydroxylation is 2. The first kappa shape index (κ1) is 15.4. The zero-order chi connectivity index (χ0) is 16.5. The first-order chi connectivity index (χ1) is 11.7. The molecule has 6 heteroatoms. The lowest BCUT2D eigenvalue weighted by atomic mass is 9.96. The highest BCUT2D eigenvalue weighted by Gasteiger charge is 2.31.